The molecule has 2 aromatic rings. The van der Waals surface area contributed by atoms with Gasteiger partial charge in [-0.2, -0.15) is 0 Å². The molecule has 0 spiro atoms. The third-order valence-corrected chi connectivity index (χ3v) is 3.54. The van der Waals surface area contributed by atoms with Gasteiger partial charge in [-0.1, -0.05) is 24.3 Å². The highest BCUT2D eigenvalue weighted by atomic mass is 79.9. The smallest absolute Gasteiger partial charge is 0.226 e. The zero-order valence-electron chi connectivity index (χ0n) is 11.3. The van der Waals surface area contributed by atoms with Crippen LogP contribution in [-0.4, -0.2) is 12.5 Å². The number of amides is 1. The monoisotopic (exact) mass is 332 g/mol. The van der Waals surface area contributed by atoms with Crippen LogP contribution in [0.4, 0.5) is 11.4 Å². The Bertz CT molecular complexity index is 599. The van der Waals surface area contributed by atoms with Crippen LogP contribution in [0.15, 0.2) is 53.0 Å². The molecule has 104 valence electrons. The lowest BCUT2D eigenvalue weighted by Crippen LogP contribution is -2.16. The molecule has 0 atom stereocenters. The Morgan fingerprint density at radius 2 is 1.95 bits per heavy atom. The molecule has 2 rings (SSSR count). The number of para-hydroxylation sites is 1. The van der Waals surface area contributed by atoms with Gasteiger partial charge in [0.1, 0.15) is 0 Å². The van der Waals surface area contributed by atoms with Gasteiger partial charge in [-0.15, -0.1) is 0 Å². The predicted molar refractivity (Wildman–Crippen MR) is 87.1 cm³/mol. The van der Waals surface area contributed by atoms with E-state index in [0.717, 1.165) is 15.8 Å². The minimum absolute atomic E-state index is 0.00273. The third kappa shape index (κ3) is 4.38. The minimum Gasteiger partial charge on any atom is -0.385 e. The number of carbonyl (C=O) groups excluding carboxylic acids is 1. The first-order valence-electron chi connectivity index (χ1n) is 6.50. The molecule has 2 N–H and O–H groups in total. The summed E-state index contributed by atoms with van der Waals surface area (Å²) in [5.41, 5.74) is 3.04. The van der Waals surface area contributed by atoms with Crippen LogP contribution in [0.2, 0.25) is 0 Å². The lowest BCUT2D eigenvalue weighted by molar-refractivity contribution is -0.115. The van der Waals surface area contributed by atoms with E-state index < -0.39 is 0 Å². The van der Waals surface area contributed by atoms with Gasteiger partial charge in [-0.05, 0) is 52.7 Å². The zero-order chi connectivity index (χ0) is 14.4. The second-order valence-electron chi connectivity index (χ2n) is 4.57. The summed E-state index contributed by atoms with van der Waals surface area (Å²) < 4.78 is 0.889. The fourth-order valence-electron chi connectivity index (χ4n) is 1.85. The van der Waals surface area contributed by atoms with E-state index in [4.69, 9.17) is 0 Å². The van der Waals surface area contributed by atoms with E-state index in [9.17, 15) is 4.79 Å². The van der Waals surface area contributed by atoms with E-state index in [2.05, 4.69) is 32.6 Å². The predicted octanol–water partition coefficient (Wildman–Crippen LogP) is 4.20. The molecule has 0 unspecified atom stereocenters. The number of halogens is 1. The molecule has 0 aliphatic heterocycles. The van der Waals surface area contributed by atoms with Crippen molar-refractivity contribution in [2.75, 3.05) is 17.2 Å². The van der Waals surface area contributed by atoms with Crippen LogP contribution in [0.25, 0.3) is 0 Å². The number of hydrogen-bond donors (Lipinski definition) is 2. The van der Waals surface area contributed by atoms with Gasteiger partial charge in [0.15, 0.2) is 0 Å². The van der Waals surface area contributed by atoms with Crippen molar-refractivity contribution >= 4 is 33.2 Å². The molecule has 0 radical (unpaired) electrons. The van der Waals surface area contributed by atoms with Gasteiger partial charge in [0.05, 0.1) is 5.69 Å². The molecule has 0 bridgehead atoms. The fourth-order valence-corrected chi connectivity index (χ4v) is 2.23. The Balaban J connectivity index is 1.80. The van der Waals surface area contributed by atoms with Gasteiger partial charge in [0.2, 0.25) is 5.91 Å². The SMILES string of the molecule is Cc1cccc(NCCC(=O)Nc2ccccc2Br)c1. The molecular formula is C16H17BrN2O. The second kappa shape index (κ2) is 7.10. The molecule has 0 saturated carbocycles. The number of hydrogen-bond acceptors (Lipinski definition) is 2. The highest BCUT2D eigenvalue weighted by Gasteiger charge is 2.04. The van der Waals surface area contributed by atoms with Crippen molar-refractivity contribution in [3.05, 3.63) is 58.6 Å². The highest BCUT2D eigenvalue weighted by molar-refractivity contribution is 9.10. The average Bonchev–Trinajstić information content (AvgIpc) is 2.41. The maximum atomic E-state index is 11.8. The fraction of sp³-hybridized carbons (Fsp3) is 0.188. The van der Waals surface area contributed by atoms with Crippen molar-refractivity contribution in [1.82, 2.24) is 0 Å². The first kappa shape index (κ1) is 14.6. The maximum absolute atomic E-state index is 11.8. The number of nitrogens with one attached hydrogen (secondary N) is 2. The molecule has 0 saturated heterocycles. The molecular weight excluding hydrogens is 316 g/mol. The summed E-state index contributed by atoms with van der Waals surface area (Å²) in [5, 5.41) is 6.13. The summed E-state index contributed by atoms with van der Waals surface area (Å²) in [4.78, 5) is 11.8. The molecule has 20 heavy (non-hydrogen) atoms. The number of rotatable bonds is 5. The van der Waals surface area contributed by atoms with Crippen LogP contribution in [0, 0.1) is 6.92 Å². The van der Waals surface area contributed by atoms with Crippen LogP contribution in [-0.2, 0) is 4.79 Å². The Morgan fingerprint density at radius 3 is 2.70 bits per heavy atom. The summed E-state index contributed by atoms with van der Waals surface area (Å²) in [5.74, 6) is -0.00273. The van der Waals surface area contributed by atoms with Gasteiger partial charge < -0.3 is 10.6 Å². The molecule has 0 heterocycles. The lowest BCUT2D eigenvalue weighted by Gasteiger charge is -2.09. The van der Waals surface area contributed by atoms with Crippen LogP contribution in [0.1, 0.15) is 12.0 Å². The van der Waals surface area contributed by atoms with Crippen molar-refractivity contribution in [3.63, 3.8) is 0 Å². The van der Waals surface area contributed by atoms with Gasteiger partial charge in [0.25, 0.3) is 0 Å². The summed E-state index contributed by atoms with van der Waals surface area (Å²) in [7, 11) is 0. The molecule has 0 aliphatic carbocycles. The third-order valence-electron chi connectivity index (χ3n) is 2.85. The number of carbonyl (C=O) groups is 1. The van der Waals surface area contributed by atoms with Crippen molar-refractivity contribution in [2.24, 2.45) is 0 Å². The van der Waals surface area contributed by atoms with Crippen LogP contribution >= 0.6 is 15.9 Å². The van der Waals surface area contributed by atoms with Gasteiger partial charge in [-0.3, -0.25) is 4.79 Å². The second-order valence-corrected chi connectivity index (χ2v) is 5.43. The van der Waals surface area contributed by atoms with Crippen molar-refractivity contribution in [2.45, 2.75) is 13.3 Å². The van der Waals surface area contributed by atoms with Crippen molar-refractivity contribution < 1.29 is 4.79 Å². The maximum Gasteiger partial charge on any atom is 0.226 e. The summed E-state index contributed by atoms with van der Waals surface area (Å²) in [6.45, 7) is 2.66. The van der Waals surface area contributed by atoms with E-state index in [1.54, 1.807) is 0 Å². The molecule has 3 nitrogen and oxygen atoms in total. The van der Waals surface area contributed by atoms with Crippen LogP contribution in [0.5, 0.6) is 0 Å². The van der Waals surface area contributed by atoms with E-state index in [1.165, 1.54) is 5.56 Å². The van der Waals surface area contributed by atoms with E-state index in [0.29, 0.717) is 13.0 Å². The molecule has 4 heteroatoms. The molecule has 0 fully saturated rings. The Labute approximate surface area is 127 Å². The Morgan fingerprint density at radius 1 is 1.15 bits per heavy atom. The van der Waals surface area contributed by atoms with Crippen molar-refractivity contribution in [1.29, 1.82) is 0 Å². The Kier molecular flexibility index (Phi) is 5.18. The summed E-state index contributed by atoms with van der Waals surface area (Å²) in [6, 6.07) is 15.7. The standard InChI is InChI=1S/C16H17BrN2O/c1-12-5-4-6-13(11-12)18-10-9-16(20)19-15-8-3-2-7-14(15)17/h2-8,11,18H,9-10H2,1H3,(H,19,20). The summed E-state index contributed by atoms with van der Waals surface area (Å²) in [6.07, 6.45) is 0.426. The van der Waals surface area contributed by atoms with E-state index in [1.807, 2.05) is 49.4 Å². The van der Waals surface area contributed by atoms with Crippen LogP contribution < -0.4 is 10.6 Å². The normalized spacial score (nSPS) is 10.1. The number of anilines is 2. The topological polar surface area (TPSA) is 41.1 Å². The first-order chi connectivity index (χ1) is 9.65. The van der Waals surface area contributed by atoms with Gasteiger partial charge in [0, 0.05) is 23.1 Å². The van der Waals surface area contributed by atoms with Gasteiger partial charge >= 0.3 is 0 Å². The highest BCUT2D eigenvalue weighted by Crippen LogP contribution is 2.21. The molecule has 1 amide bonds. The number of benzene rings is 2. The quantitative estimate of drug-likeness (QED) is 0.861. The zero-order valence-corrected chi connectivity index (χ0v) is 12.9. The van der Waals surface area contributed by atoms with E-state index >= 15 is 0 Å². The van der Waals surface area contributed by atoms with Gasteiger partial charge in [-0.25, -0.2) is 0 Å². The van der Waals surface area contributed by atoms with Crippen molar-refractivity contribution in [3.8, 4) is 0 Å². The summed E-state index contributed by atoms with van der Waals surface area (Å²) >= 11 is 3.41. The minimum atomic E-state index is -0.00273. The first-order valence-corrected chi connectivity index (χ1v) is 7.29. The van der Waals surface area contributed by atoms with E-state index in [-0.39, 0.29) is 5.91 Å². The molecule has 0 aliphatic rings. The number of aryl methyl sites for hydroxylation is 1. The molecule has 2 aromatic carbocycles. The molecule has 0 aromatic heterocycles. The lowest BCUT2D eigenvalue weighted by atomic mass is 10.2. The average molecular weight is 333 g/mol. The Hall–Kier alpha value is -1.81. The van der Waals surface area contributed by atoms with Crippen LogP contribution in [0.3, 0.4) is 0 Å². The largest absolute Gasteiger partial charge is 0.385 e.